The third-order valence-corrected chi connectivity index (χ3v) is 2.57. The van der Waals surface area contributed by atoms with E-state index in [1.807, 2.05) is 25.2 Å². The molecule has 0 aliphatic rings. The fraction of sp³-hybridized carbons (Fsp3) is 0.154. The van der Waals surface area contributed by atoms with Crippen LogP contribution in [0.4, 0.5) is 5.69 Å². The summed E-state index contributed by atoms with van der Waals surface area (Å²) in [5, 5.41) is 13.7. The molecule has 1 N–H and O–H groups in total. The van der Waals surface area contributed by atoms with Gasteiger partial charge in [0.15, 0.2) is 0 Å². The van der Waals surface area contributed by atoms with Crippen molar-refractivity contribution in [3.8, 4) is 11.1 Å². The summed E-state index contributed by atoms with van der Waals surface area (Å²) in [7, 11) is 1.86. The Hall–Kier alpha value is -2.27. The van der Waals surface area contributed by atoms with Crippen LogP contribution < -0.4 is 5.32 Å². The molecule has 0 bridgehead atoms. The number of aromatic nitrogens is 1. The standard InChI is InChI=1S/C13H13N3O2/c1-14-9-12-6-5-11(8-15-12)10-3-2-4-13(7-10)16(17)18/h2-8,14H,9H2,1H3. The number of non-ortho nitro benzene ring substituents is 1. The predicted octanol–water partition coefficient (Wildman–Crippen LogP) is 2.38. The van der Waals surface area contributed by atoms with E-state index in [1.165, 1.54) is 6.07 Å². The van der Waals surface area contributed by atoms with Gasteiger partial charge >= 0.3 is 0 Å². The monoisotopic (exact) mass is 243 g/mol. The molecule has 5 heteroatoms. The first-order valence-corrected chi connectivity index (χ1v) is 5.55. The lowest BCUT2D eigenvalue weighted by atomic mass is 10.1. The molecule has 1 aromatic heterocycles. The maximum atomic E-state index is 10.7. The number of hydrogen-bond acceptors (Lipinski definition) is 4. The van der Waals surface area contributed by atoms with E-state index in [9.17, 15) is 10.1 Å². The molecule has 0 saturated carbocycles. The Morgan fingerprint density at radius 2 is 2.11 bits per heavy atom. The molecule has 92 valence electrons. The van der Waals surface area contributed by atoms with E-state index in [0.29, 0.717) is 6.54 Å². The van der Waals surface area contributed by atoms with Gasteiger partial charge in [0.05, 0.1) is 10.6 Å². The Morgan fingerprint density at radius 3 is 2.72 bits per heavy atom. The normalized spacial score (nSPS) is 10.3. The highest BCUT2D eigenvalue weighted by Gasteiger charge is 2.07. The second kappa shape index (κ2) is 5.37. The van der Waals surface area contributed by atoms with Gasteiger partial charge in [0, 0.05) is 30.4 Å². The first-order valence-electron chi connectivity index (χ1n) is 5.55. The van der Waals surface area contributed by atoms with Crippen LogP contribution in [-0.2, 0) is 6.54 Å². The summed E-state index contributed by atoms with van der Waals surface area (Å²) in [6, 6.07) is 10.4. The third kappa shape index (κ3) is 2.70. The fourth-order valence-electron chi connectivity index (χ4n) is 1.68. The molecule has 0 radical (unpaired) electrons. The van der Waals surface area contributed by atoms with Crippen LogP contribution in [0.3, 0.4) is 0 Å². The largest absolute Gasteiger partial charge is 0.314 e. The van der Waals surface area contributed by atoms with Crippen molar-refractivity contribution in [3.63, 3.8) is 0 Å². The zero-order valence-corrected chi connectivity index (χ0v) is 9.96. The van der Waals surface area contributed by atoms with Gasteiger partial charge in [-0.2, -0.15) is 0 Å². The van der Waals surface area contributed by atoms with Gasteiger partial charge in [0.2, 0.25) is 0 Å². The molecule has 0 amide bonds. The van der Waals surface area contributed by atoms with Crippen LogP contribution >= 0.6 is 0 Å². The molecule has 0 spiro atoms. The molecular formula is C13H13N3O2. The summed E-state index contributed by atoms with van der Waals surface area (Å²) < 4.78 is 0. The van der Waals surface area contributed by atoms with E-state index in [1.54, 1.807) is 18.3 Å². The van der Waals surface area contributed by atoms with Crippen molar-refractivity contribution in [2.45, 2.75) is 6.54 Å². The third-order valence-electron chi connectivity index (χ3n) is 2.57. The van der Waals surface area contributed by atoms with Crippen molar-refractivity contribution in [1.82, 2.24) is 10.3 Å². The van der Waals surface area contributed by atoms with Crippen molar-refractivity contribution >= 4 is 5.69 Å². The van der Waals surface area contributed by atoms with Crippen molar-refractivity contribution in [2.75, 3.05) is 7.05 Å². The molecule has 1 aromatic carbocycles. The first kappa shape index (κ1) is 12.2. The lowest BCUT2D eigenvalue weighted by Gasteiger charge is -2.03. The van der Waals surface area contributed by atoms with Gasteiger partial charge in [-0.25, -0.2) is 0 Å². The molecule has 1 heterocycles. The molecule has 5 nitrogen and oxygen atoms in total. The van der Waals surface area contributed by atoms with Gasteiger partial charge < -0.3 is 5.32 Å². The Bertz CT molecular complexity index is 552. The van der Waals surface area contributed by atoms with Crippen LogP contribution in [0, 0.1) is 10.1 Å². The number of nitro groups is 1. The number of nitro benzene ring substituents is 1. The maximum absolute atomic E-state index is 10.7. The smallest absolute Gasteiger partial charge is 0.270 e. The summed E-state index contributed by atoms with van der Waals surface area (Å²) >= 11 is 0. The molecule has 0 fully saturated rings. The Kier molecular flexibility index (Phi) is 3.64. The van der Waals surface area contributed by atoms with Crippen LogP contribution in [0.2, 0.25) is 0 Å². The Morgan fingerprint density at radius 1 is 1.28 bits per heavy atom. The average Bonchev–Trinajstić information content (AvgIpc) is 2.40. The first-order chi connectivity index (χ1) is 8.70. The molecule has 0 aliphatic carbocycles. The molecule has 0 unspecified atom stereocenters. The Labute approximate surface area is 105 Å². The molecule has 18 heavy (non-hydrogen) atoms. The van der Waals surface area contributed by atoms with Crippen LogP contribution in [0.25, 0.3) is 11.1 Å². The van der Waals surface area contributed by atoms with Gasteiger partial charge in [-0.15, -0.1) is 0 Å². The summed E-state index contributed by atoms with van der Waals surface area (Å²) in [5.41, 5.74) is 2.70. The fourth-order valence-corrected chi connectivity index (χ4v) is 1.68. The molecule has 2 aromatic rings. The summed E-state index contributed by atoms with van der Waals surface area (Å²) in [4.78, 5) is 14.6. The van der Waals surface area contributed by atoms with Crippen molar-refractivity contribution < 1.29 is 4.92 Å². The van der Waals surface area contributed by atoms with Gasteiger partial charge in [0.1, 0.15) is 0 Å². The molecule has 0 atom stereocenters. The minimum Gasteiger partial charge on any atom is -0.314 e. The molecular weight excluding hydrogens is 230 g/mol. The van der Waals surface area contributed by atoms with Gasteiger partial charge in [-0.05, 0) is 18.7 Å². The topological polar surface area (TPSA) is 68.1 Å². The highest BCUT2D eigenvalue weighted by atomic mass is 16.6. The van der Waals surface area contributed by atoms with Gasteiger partial charge in [-0.1, -0.05) is 18.2 Å². The number of pyridine rings is 1. The molecule has 2 rings (SSSR count). The zero-order valence-electron chi connectivity index (χ0n) is 9.96. The molecule has 0 saturated heterocycles. The number of rotatable bonds is 4. The van der Waals surface area contributed by atoms with E-state index in [2.05, 4.69) is 10.3 Å². The van der Waals surface area contributed by atoms with Crippen molar-refractivity contribution in [1.29, 1.82) is 0 Å². The number of nitrogens with one attached hydrogen (secondary N) is 1. The Balaban J connectivity index is 2.30. The minimum absolute atomic E-state index is 0.0896. The second-order valence-corrected chi connectivity index (χ2v) is 3.88. The lowest BCUT2D eigenvalue weighted by molar-refractivity contribution is -0.384. The van der Waals surface area contributed by atoms with E-state index in [4.69, 9.17) is 0 Å². The highest BCUT2D eigenvalue weighted by Crippen LogP contribution is 2.23. The number of nitrogens with zero attached hydrogens (tertiary/aromatic N) is 2. The minimum atomic E-state index is -0.397. The highest BCUT2D eigenvalue weighted by molar-refractivity contribution is 5.65. The van der Waals surface area contributed by atoms with E-state index in [0.717, 1.165) is 16.8 Å². The molecule has 0 aliphatic heterocycles. The van der Waals surface area contributed by atoms with E-state index >= 15 is 0 Å². The number of benzene rings is 1. The lowest BCUT2D eigenvalue weighted by Crippen LogP contribution is -2.06. The van der Waals surface area contributed by atoms with Crippen LogP contribution in [0.5, 0.6) is 0 Å². The second-order valence-electron chi connectivity index (χ2n) is 3.88. The van der Waals surface area contributed by atoms with E-state index in [-0.39, 0.29) is 5.69 Å². The van der Waals surface area contributed by atoms with Gasteiger partial charge in [0.25, 0.3) is 5.69 Å². The average molecular weight is 243 g/mol. The van der Waals surface area contributed by atoms with Crippen LogP contribution in [0.15, 0.2) is 42.6 Å². The number of hydrogen-bond donors (Lipinski definition) is 1. The van der Waals surface area contributed by atoms with Crippen LogP contribution in [-0.4, -0.2) is 17.0 Å². The van der Waals surface area contributed by atoms with Crippen molar-refractivity contribution in [3.05, 3.63) is 58.4 Å². The summed E-state index contributed by atoms with van der Waals surface area (Å²) in [6.45, 7) is 0.704. The predicted molar refractivity (Wildman–Crippen MR) is 69.1 cm³/mol. The van der Waals surface area contributed by atoms with Crippen LogP contribution in [0.1, 0.15) is 5.69 Å². The summed E-state index contributed by atoms with van der Waals surface area (Å²) in [5.74, 6) is 0. The SMILES string of the molecule is CNCc1ccc(-c2cccc([N+](=O)[O-])c2)cn1. The van der Waals surface area contributed by atoms with Gasteiger partial charge in [-0.3, -0.25) is 15.1 Å². The zero-order chi connectivity index (χ0) is 13.0. The quantitative estimate of drug-likeness (QED) is 0.661. The summed E-state index contributed by atoms with van der Waals surface area (Å²) in [6.07, 6.45) is 1.73. The van der Waals surface area contributed by atoms with E-state index < -0.39 is 4.92 Å². The maximum Gasteiger partial charge on any atom is 0.270 e. The van der Waals surface area contributed by atoms with Crippen molar-refractivity contribution in [2.24, 2.45) is 0 Å².